The number of amides is 2. The van der Waals surface area contributed by atoms with Crippen LogP contribution in [-0.4, -0.2) is 40.2 Å². The molecule has 2 amide bonds. The minimum Gasteiger partial charge on any atom is -0.368 e. The smallest absolute Gasteiger partial charge is 0.243 e. The summed E-state index contributed by atoms with van der Waals surface area (Å²) in [5, 5.41) is 10.5. The summed E-state index contributed by atoms with van der Waals surface area (Å²) in [6, 6.07) is 1.98. The standard InChI is InChI=1S/C16H25N5O2/c17-15(23)16(6-1-2-7-16)20-14(22)11-21-13(5-9-19-21)12-4-3-8-18-10-12/h5,9,12,18H,1-4,6-8,10-11H2,(H2,17,23)(H,20,22)/t12-/m1/s1. The van der Waals surface area contributed by atoms with Crippen LogP contribution in [0.25, 0.3) is 0 Å². The number of carbonyl (C=O) groups excluding carboxylic acids is 2. The highest BCUT2D eigenvalue weighted by molar-refractivity contribution is 5.90. The Morgan fingerprint density at radius 2 is 2.17 bits per heavy atom. The fourth-order valence-corrected chi connectivity index (χ4v) is 3.78. The number of nitrogens with zero attached hydrogens (tertiary/aromatic N) is 2. The van der Waals surface area contributed by atoms with Gasteiger partial charge in [0.15, 0.2) is 0 Å². The van der Waals surface area contributed by atoms with Gasteiger partial charge in [0.25, 0.3) is 0 Å². The number of nitrogens with one attached hydrogen (secondary N) is 2. The minimum atomic E-state index is -0.864. The average Bonchev–Trinajstić information content (AvgIpc) is 3.18. The molecule has 0 spiro atoms. The van der Waals surface area contributed by atoms with Crippen LogP contribution in [0.4, 0.5) is 0 Å². The number of hydrogen-bond acceptors (Lipinski definition) is 4. The van der Waals surface area contributed by atoms with Crippen molar-refractivity contribution in [3.8, 4) is 0 Å². The number of primary amides is 1. The molecule has 1 atom stereocenters. The van der Waals surface area contributed by atoms with Crippen molar-refractivity contribution >= 4 is 11.8 Å². The summed E-state index contributed by atoms with van der Waals surface area (Å²) in [4.78, 5) is 24.2. The van der Waals surface area contributed by atoms with Crippen molar-refractivity contribution in [2.75, 3.05) is 13.1 Å². The topological polar surface area (TPSA) is 102 Å². The molecule has 1 aromatic rings. The second kappa shape index (κ2) is 6.70. The van der Waals surface area contributed by atoms with E-state index in [1.54, 1.807) is 10.9 Å². The predicted molar refractivity (Wildman–Crippen MR) is 85.6 cm³/mol. The van der Waals surface area contributed by atoms with Crippen LogP contribution in [0.2, 0.25) is 0 Å². The van der Waals surface area contributed by atoms with E-state index in [1.165, 1.54) is 0 Å². The third kappa shape index (κ3) is 3.39. The number of aromatic nitrogens is 2. The van der Waals surface area contributed by atoms with E-state index in [2.05, 4.69) is 15.7 Å². The molecular weight excluding hydrogens is 294 g/mol. The zero-order valence-corrected chi connectivity index (χ0v) is 13.4. The van der Waals surface area contributed by atoms with Crippen molar-refractivity contribution in [2.45, 2.75) is 56.5 Å². The molecule has 1 saturated heterocycles. The van der Waals surface area contributed by atoms with E-state index in [1.807, 2.05) is 6.07 Å². The third-order valence-electron chi connectivity index (χ3n) is 5.07. The molecule has 23 heavy (non-hydrogen) atoms. The van der Waals surface area contributed by atoms with Gasteiger partial charge in [0.1, 0.15) is 12.1 Å². The molecule has 126 valence electrons. The molecule has 7 heteroatoms. The molecule has 0 radical (unpaired) electrons. The Bertz CT molecular complexity index is 571. The van der Waals surface area contributed by atoms with Crippen LogP contribution in [0.15, 0.2) is 12.3 Å². The average molecular weight is 319 g/mol. The molecule has 0 bridgehead atoms. The first-order valence-corrected chi connectivity index (χ1v) is 8.44. The molecule has 4 N–H and O–H groups in total. The molecule has 0 unspecified atom stereocenters. The van der Waals surface area contributed by atoms with Gasteiger partial charge in [-0.25, -0.2) is 0 Å². The summed E-state index contributed by atoms with van der Waals surface area (Å²) < 4.78 is 1.75. The van der Waals surface area contributed by atoms with Crippen LogP contribution < -0.4 is 16.4 Å². The summed E-state index contributed by atoms with van der Waals surface area (Å²) in [5.41, 5.74) is 5.73. The van der Waals surface area contributed by atoms with Crippen molar-refractivity contribution < 1.29 is 9.59 Å². The first-order chi connectivity index (χ1) is 11.1. The van der Waals surface area contributed by atoms with Gasteiger partial charge in [-0.05, 0) is 38.3 Å². The van der Waals surface area contributed by atoms with Gasteiger partial charge in [-0.15, -0.1) is 0 Å². The molecule has 7 nitrogen and oxygen atoms in total. The van der Waals surface area contributed by atoms with E-state index in [-0.39, 0.29) is 12.5 Å². The lowest BCUT2D eigenvalue weighted by atomic mass is 9.96. The highest BCUT2D eigenvalue weighted by atomic mass is 16.2. The van der Waals surface area contributed by atoms with Crippen LogP contribution in [-0.2, 0) is 16.1 Å². The van der Waals surface area contributed by atoms with Gasteiger partial charge in [-0.3, -0.25) is 14.3 Å². The van der Waals surface area contributed by atoms with Gasteiger partial charge in [0.05, 0.1) is 0 Å². The maximum absolute atomic E-state index is 12.4. The zero-order valence-electron chi connectivity index (χ0n) is 13.4. The molecule has 1 aromatic heterocycles. The Kier molecular flexibility index (Phi) is 4.66. The van der Waals surface area contributed by atoms with Crippen molar-refractivity contribution in [2.24, 2.45) is 5.73 Å². The summed E-state index contributed by atoms with van der Waals surface area (Å²) in [7, 11) is 0. The van der Waals surface area contributed by atoms with Crippen LogP contribution in [0.3, 0.4) is 0 Å². The largest absolute Gasteiger partial charge is 0.368 e. The van der Waals surface area contributed by atoms with E-state index < -0.39 is 11.4 Å². The molecule has 2 aliphatic rings. The zero-order chi connectivity index (χ0) is 16.3. The van der Waals surface area contributed by atoms with Gasteiger partial charge in [-0.2, -0.15) is 5.10 Å². The van der Waals surface area contributed by atoms with Gasteiger partial charge in [0, 0.05) is 24.4 Å². The van der Waals surface area contributed by atoms with E-state index in [9.17, 15) is 9.59 Å². The highest BCUT2D eigenvalue weighted by Gasteiger charge is 2.40. The maximum Gasteiger partial charge on any atom is 0.243 e. The van der Waals surface area contributed by atoms with E-state index in [0.717, 1.165) is 44.5 Å². The van der Waals surface area contributed by atoms with Gasteiger partial charge in [0.2, 0.25) is 11.8 Å². The Morgan fingerprint density at radius 3 is 2.83 bits per heavy atom. The predicted octanol–water partition coefficient (Wildman–Crippen LogP) is 0.264. The first-order valence-electron chi connectivity index (χ1n) is 8.44. The second-order valence-corrected chi connectivity index (χ2v) is 6.66. The second-order valence-electron chi connectivity index (χ2n) is 6.66. The van der Waals surface area contributed by atoms with Gasteiger partial charge >= 0.3 is 0 Å². The normalized spacial score (nSPS) is 23.6. The van der Waals surface area contributed by atoms with Gasteiger partial charge < -0.3 is 16.4 Å². The molecular formula is C16H25N5O2. The summed E-state index contributed by atoms with van der Waals surface area (Å²) in [5.74, 6) is -0.240. The lowest BCUT2D eigenvalue weighted by molar-refractivity contribution is -0.131. The first kappa shape index (κ1) is 16.0. The molecule has 2 heterocycles. The minimum absolute atomic E-state index is 0.133. The van der Waals surface area contributed by atoms with Crippen molar-refractivity contribution in [1.82, 2.24) is 20.4 Å². The Morgan fingerprint density at radius 1 is 1.39 bits per heavy atom. The van der Waals surface area contributed by atoms with Gasteiger partial charge in [-0.1, -0.05) is 12.8 Å². The quantitative estimate of drug-likeness (QED) is 0.724. The maximum atomic E-state index is 12.4. The number of nitrogens with two attached hydrogens (primary N) is 1. The third-order valence-corrected chi connectivity index (χ3v) is 5.07. The van der Waals surface area contributed by atoms with Crippen molar-refractivity contribution in [3.63, 3.8) is 0 Å². The number of carbonyl (C=O) groups is 2. The summed E-state index contributed by atoms with van der Waals surface area (Å²) >= 11 is 0. The molecule has 1 aliphatic heterocycles. The number of rotatable bonds is 5. The summed E-state index contributed by atoms with van der Waals surface area (Å²) in [6.07, 6.45) is 7.07. The Hall–Kier alpha value is -1.89. The van der Waals surface area contributed by atoms with E-state index >= 15 is 0 Å². The molecule has 2 fully saturated rings. The SMILES string of the molecule is NC(=O)C1(NC(=O)Cn2nccc2[C@@H]2CCCNC2)CCCC1. The van der Waals surface area contributed by atoms with Crippen molar-refractivity contribution in [1.29, 1.82) is 0 Å². The van der Waals surface area contributed by atoms with Crippen LogP contribution in [0, 0.1) is 0 Å². The van der Waals surface area contributed by atoms with Crippen LogP contribution >= 0.6 is 0 Å². The lowest BCUT2D eigenvalue weighted by Gasteiger charge is -2.27. The monoisotopic (exact) mass is 319 g/mol. The Labute approximate surface area is 136 Å². The van der Waals surface area contributed by atoms with Crippen molar-refractivity contribution in [3.05, 3.63) is 18.0 Å². The Balaban J connectivity index is 1.66. The fraction of sp³-hybridized carbons (Fsp3) is 0.688. The summed E-state index contributed by atoms with van der Waals surface area (Å²) in [6.45, 7) is 2.10. The highest BCUT2D eigenvalue weighted by Crippen LogP contribution is 2.29. The number of hydrogen-bond donors (Lipinski definition) is 3. The number of piperidine rings is 1. The molecule has 1 aliphatic carbocycles. The fourth-order valence-electron chi connectivity index (χ4n) is 3.78. The molecule has 1 saturated carbocycles. The lowest BCUT2D eigenvalue weighted by Crippen LogP contribution is -2.56. The molecule has 0 aromatic carbocycles. The van der Waals surface area contributed by atoms with E-state index in [4.69, 9.17) is 5.73 Å². The van der Waals surface area contributed by atoms with Crippen LogP contribution in [0.1, 0.15) is 50.1 Å². The molecule has 3 rings (SSSR count). The van der Waals surface area contributed by atoms with Crippen LogP contribution in [0.5, 0.6) is 0 Å². The van der Waals surface area contributed by atoms with E-state index in [0.29, 0.717) is 18.8 Å².